The summed E-state index contributed by atoms with van der Waals surface area (Å²) in [6.07, 6.45) is 1.46. The molecule has 0 aliphatic rings. The third-order valence-corrected chi connectivity index (χ3v) is 5.37. The van der Waals surface area contributed by atoms with Crippen LogP contribution < -0.4 is 19.6 Å². The molecule has 0 bridgehead atoms. The van der Waals surface area contributed by atoms with Crippen molar-refractivity contribution >= 4 is 46.9 Å². The molecule has 0 fully saturated rings. The molecule has 178 valence electrons. The molecule has 9 heteroatoms. The number of nitrogens with one attached hydrogen (secondary N) is 1. The third-order valence-electron chi connectivity index (χ3n) is 4.55. The van der Waals surface area contributed by atoms with Crippen LogP contribution in [-0.2, 0) is 6.61 Å². The zero-order valence-corrected chi connectivity index (χ0v) is 20.9. The Morgan fingerprint density at radius 2 is 1.53 bits per heavy atom. The topological polar surface area (TPSA) is 69.2 Å². The van der Waals surface area contributed by atoms with Crippen LogP contribution in [0.1, 0.15) is 35.3 Å². The van der Waals surface area contributed by atoms with Crippen molar-refractivity contribution in [3.8, 4) is 17.2 Å². The molecule has 0 radical (unpaired) electrons. The monoisotopic (exact) mass is 520 g/mol. The first kappa shape index (κ1) is 25.7. The summed E-state index contributed by atoms with van der Waals surface area (Å²) < 4.78 is 17.0. The molecule has 0 heterocycles. The number of rotatable bonds is 10. The number of amides is 1. The molecule has 1 N–H and O–H groups in total. The van der Waals surface area contributed by atoms with Gasteiger partial charge in [-0.3, -0.25) is 4.79 Å². The molecule has 3 aromatic rings. The lowest BCUT2D eigenvalue weighted by Gasteiger charge is -2.12. The number of carbonyl (C=O) groups is 1. The Bertz CT molecular complexity index is 1180. The fourth-order valence-corrected chi connectivity index (χ4v) is 3.61. The molecular formula is C25H23Cl3N2O4. The number of nitrogens with zero attached hydrogens (tertiary/aromatic N) is 1. The second kappa shape index (κ2) is 12.5. The maximum atomic E-state index is 12.6. The van der Waals surface area contributed by atoms with Gasteiger partial charge in [0.05, 0.1) is 19.4 Å². The first-order chi connectivity index (χ1) is 16.4. The Labute approximate surface area is 213 Å². The molecule has 34 heavy (non-hydrogen) atoms. The van der Waals surface area contributed by atoms with Gasteiger partial charge in [0.2, 0.25) is 0 Å². The van der Waals surface area contributed by atoms with Crippen molar-refractivity contribution in [2.24, 2.45) is 5.10 Å². The molecule has 6 nitrogen and oxygen atoms in total. The fourth-order valence-electron chi connectivity index (χ4n) is 2.96. The van der Waals surface area contributed by atoms with Gasteiger partial charge in [-0.05, 0) is 62.4 Å². The van der Waals surface area contributed by atoms with Crippen molar-refractivity contribution in [3.05, 3.63) is 86.4 Å². The van der Waals surface area contributed by atoms with Crippen LogP contribution >= 0.6 is 34.8 Å². The molecule has 0 saturated carbocycles. The standard InChI is InChI=1S/C25H23Cl3N2O4/c1-3-32-23-9-6-16(12-24(23)33-4-2)25(31)30-29-14-18-11-19(26)8-10-22(18)34-15-17-5-7-20(27)13-21(17)28/h5-14H,3-4,15H2,1-2H3,(H,30,31)/b29-14+. The van der Waals surface area contributed by atoms with E-state index in [9.17, 15) is 4.79 Å². The molecule has 0 aliphatic heterocycles. The van der Waals surface area contributed by atoms with Gasteiger partial charge in [0.25, 0.3) is 5.91 Å². The van der Waals surface area contributed by atoms with Gasteiger partial charge in [0, 0.05) is 31.8 Å². The average Bonchev–Trinajstić information content (AvgIpc) is 2.81. The second-order valence-electron chi connectivity index (χ2n) is 6.93. The van der Waals surface area contributed by atoms with E-state index in [0.717, 1.165) is 5.56 Å². The predicted octanol–water partition coefficient (Wildman–Crippen LogP) is 6.79. The third kappa shape index (κ3) is 7.03. The van der Waals surface area contributed by atoms with E-state index in [2.05, 4.69) is 10.5 Å². The van der Waals surface area contributed by atoms with Gasteiger partial charge in [0.15, 0.2) is 11.5 Å². The lowest BCUT2D eigenvalue weighted by molar-refractivity contribution is 0.0954. The van der Waals surface area contributed by atoms with Crippen molar-refractivity contribution in [2.45, 2.75) is 20.5 Å². The van der Waals surface area contributed by atoms with Crippen molar-refractivity contribution in [3.63, 3.8) is 0 Å². The van der Waals surface area contributed by atoms with Gasteiger partial charge in [-0.15, -0.1) is 0 Å². The van der Waals surface area contributed by atoms with Crippen LogP contribution in [0.2, 0.25) is 15.1 Å². The molecule has 1 amide bonds. The first-order valence-corrected chi connectivity index (χ1v) is 11.6. The first-order valence-electron chi connectivity index (χ1n) is 10.5. The number of hydrogen-bond donors (Lipinski definition) is 1. The Balaban J connectivity index is 1.71. The lowest BCUT2D eigenvalue weighted by Crippen LogP contribution is -2.18. The minimum absolute atomic E-state index is 0.219. The Hall–Kier alpha value is -2.93. The summed E-state index contributed by atoms with van der Waals surface area (Å²) in [7, 11) is 0. The summed E-state index contributed by atoms with van der Waals surface area (Å²) in [5, 5.41) is 5.61. The summed E-state index contributed by atoms with van der Waals surface area (Å²) in [6, 6.07) is 15.2. The summed E-state index contributed by atoms with van der Waals surface area (Å²) in [5.74, 6) is 1.18. The molecule has 0 spiro atoms. The van der Waals surface area contributed by atoms with Crippen LogP contribution in [-0.4, -0.2) is 25.3 Å². The molecule has 0 atom stereocenters. The minimum atomic E-state index is -0.405. The Morgan fingerprint density at radius 3 is 2.26 bits per heavy atom. The van der Waals surface area contributed by atoms with Crippen LogP contribution in [0.4, 0.5) is 0 Å². The van der Waals surface area contributed by atoms with Gasteiger partial charge >= 0.3 is 0 Å². The van der Waals surface area contributed by atoms with Gasteiger partial charge in [-0.25, -0.2) is 5.43 Å². The highest BCUT2D eigenvalue weighted by molar-refractivity contribution is 6.35. The van der Waals surface area contributed by atoms with Crippen LogP contribution in [0.25, 0.3) is 0 Å². The molecule has 0 aliphatic carbocycles. The summed E-state index contributed by atoms with van der Waals surface area (Å²) >= 11 is 18.3. The van der Waals surface area contributed by atoms with E-state index < -0.39 is 5.91 Å². The highest BCUT2D eigenvalue weighted by Crippen LogP contribution is 2.29. The zero-order valence-electron chi connectivity index (χ0n) is 18.6. The summed E-state index contributed by atoms with van der Waals surface area (Å²) in [4.78, 5) is 12.6. The molecule has 0 aromatic heterocycles. The van der Waals surface area contributed by atoms with E-state index in [1.54, 1.807) is 54.6 Å². The quantitative estimate of drug-likeness (QED) is 0.236. The molecule has 3 aromatic carbocycles. The lowest BCUT2D eigenvalue weighted by atomic mass is 10.2. The largest absolute Gasteiger partial charge is 0.490 e. The van der Waals surface area contributed by atoms with Gasteiger partial charge in [0.1, 0.15) is 12.4 Å². The Morgan fingerprint density at radius 1 is 0.853 bits per heavy atom. The van der Waals surface area contributed by atoms with E-state index in [1.165, 1.54) is 6.21 Å². The number of hydrazone groups is 1. The number of ether oxygens (including phenoxy) is 3. The van der Waals surface area contributed by atoms with Crippen LogP contribution in [0.3, 0.4) is 0 Å². The van der Waals surface area contributed by atoms with Crippen molar-refractivity contribution in [1.82, 2.24) is 5.43 Å². The number of hydrogen-bond acceptors (Lipinski definition) is 5. The Kier molecular flexibility index (Phi) is 9.45. The van der Waals surface area contributed by atoms with E-state index in [1.807, 2.05) is 13.8 Å². The van der Waals surface area contributed by atoms with E-state index in [0.29, 0.717) is 56.7 Å². The van der Waals surface area contributed by atoms with Crippen molar-refractivity contribution in [1.29, 1.82) is 0 Å². The van der Waals surface area contributed by atoms with E-state index in [-0.39, 0.29) is 6.61 Å². The van der Waals surface area contributed by atoms with Gasteiger partial charge < -0.3 is 14.2 Å². The molecular weight excluding hydrogens is 499 g/mol. The highest BCUT2D eigenvalue weighted by Gasteiger charge is 2.12. The molecule has 0 saturated heterocycles. The van der Waals surface area contributed by atoms with E-state index >= 15 is 0 Å². The number of halogens is 3. The van der Waals surface area contributed by atoms with Crippen LogP contribution in [0, 0.1) is 0 Å². The van der Waals surface area contributed by atoms with Crippen molar-refractivity contribution in [2.75, 3.05) is 13.2 Å². The summed E-state index contributed by atoms with van der Waals surface area (Å²) in [6.45, 7) is 4.89. The zero-order chi connectivity index (χ0) is 24.5. The average molecular weight is 522 g/mol. The minimum Gasteiger partial charge on any atom is -0.490 e. The van der Waals surface area contributed by atoms with Crippen molar-refractivity contribution < 1.29 is 19.0 Å². The van der Waals surface area contributed by atoms with Gasteiger partial charge in [-0.2, -0.15) is 5.10 Å². The molecule has 3 rings (SSSR count). The van der Waals surface area contributed by atoms with E-state index in [4.69, 9.17) is 49.0 Å². The summed E-state index contributed by atoms with van der Waals surface area (Å²) in [5.41, 5.74) is 4.24. The predicted molar refractivity (Wildman–Crippen MR) is 136 cm³/mol. The van der Waals surface area contributed by atoms with Crippen LogP contribution in [0.5, 0.6) is 17.2 Å². The maximum absolute atomic E-state index is 12.6. The SMILES string of the molecule is CCOc1ccc(C(=O)N/N=C/c2cc(Cl)ccc2OCc2ccc(Cl)cc2Cl)cc1OCC. The fraction of sp³-hybridized carbons (Fsp3) is 0.200. The highest BCUT2D eigenvalue weighted by atomic mass is 35.5. The number of benzene rings is 3. The smallest absolute Gasteiger partial charge is 0.271 e. The van der Waals surface area contributed by atoms with Gasteiger partial charge in [-0.1, -0.05) is 40.9 Å². The molecule has 0 unspecified atom stereocenters. The van der Waals surface area contributed by atoms with Crippen LogP contribution in [0.15, 0.2) is 59.7 Å². The second-order valence-corrected chi connectivity index (χ2v) is 8.21. The number of carbonyl (C=O) groups excluding carboxylic acids is 1. The normalized spacial score (nSPS) is 10.9. The maximum Gasteiger partial charge on any atom is 0.271 e.